The number of piperidine rings is 1. The number of rotatable bonds is 4. The molecule has 1 aromatic carbocycles. The highest BCUT2D eigenvalue weighted by Gasteiger charge is 2.45. The molecule has 1 heterocycles. The fourth-order valence-electron chi connectivity index (χ4n) is 2.84. The summed E-state index contributed by atoms with van der Waals surface area (Å²) in [5.74, 6) is -5.29. The van der Waals surface area contributed by atoms with Gasteiger partial charge in [0.25, 0.3) is 5.92 Å². The predicted molar refractivity (Wildman–Crippen MR) is 75.4 cm³/mol. The molecule has 1 saturated heterocycles. The molecule has 3 N–H and O–H groups in total. The molecule has 1 aromatic rings. The Balaban J connectivity index is 2.20. The van der Waals surface area contributed by atoms with E-state index in [1.807, 2.05) is 0 Å². The zero-order chi connectivity index (χ0) is 16.3. The van der Waals surface area contributed by atoms with Crippen molar-refractivity contribution in [3.63, 3.8) is 0 Å². The van der Waals surface area contributed by atoms with Gasteiger partial charge in [-0.1, -0.05) is 18.2 Å². The average molecular weight is 316 g/mol. The normalized spacial score (nSPS) is 16.8. The van der Waals surface area contributed by atoms with Gasteiger partial charge in [0.15, 0.2) is 0 Å². The summed E-state index contributed by atoms with van der Waals surface area (Å²) in [7, 11) is 0. The van der Waals surface area contributed by atoms with Crippen molar-refractivity contribution in [1.82, 2.24) is 4.90 Å². The van der Waals surface area contributed by atoms with Crippen LogP contribution in [0.1, 0.15) is 24.0 Å². The lowest BCUT2D eigenvalue weighted by Gasteiger charge is -2.35. The van der Waals surface area contributed by atoms with Crippen LogP contribution in [0, 0.1) is 11.7 Å². The van der Waals surface area contributed by atoms with Gasteiger partial charge in [-0.05, 0) is 31.4 Å². The molecule has 122 valence electrons. The molecule has 7 heteroatoms. The van der Waals surface area contributed by atoms with Crippen LogP contribution in [0.2, 0.25) is 0 Å². The largest absolute Gasteiger partial charge is 0.465 e. The van der Waals surface area contributed by atoms with Crippen LogP contribution in [0.5, 0.6) is 0 Å². The molecule has 0 unspecified atom stereocenters. The molecular formula is C15H19F3N2O2. The minimum Gasteiger partial charge on any atom is -0.465 e. The minimum atomic E-state index is -3.32. The van der Waals surface area contributed by atoms with Gasteiger partial charge in [0.1, 0.15) is 5.82 Å². The highest BCUT2D eigenvalue weighted by Crippen LogP contribution is 2.42. The number of hydrogen-bond acceptors (Lipinski definition) is 2. The molecule has 22 heavy (non-hydrogen) atoms. The lowest BCUT2D eigenvalue weighted by atomic mass is 9.85. The zero-order valence-electron chi connectivity index (χ0n) is 12.1. The number of nitrogens with zero attached hydrogens (tertiary/aromatic N) is 1. The zero-order valence-corrected chi connectivity index (χ0v) is 12.1. The van der Waals surface area contributed by atoms with Crippen LogP contribution in [-0.2, 0) is 12.3 Å². The van der Waals surface area contributed by atoms with E-state index in [1.54, 1.807) is 0 Å². The molecule has 1 fully saturated rings. The first-order valence-corrected chi connectivity index (χ1v) is 7.21. The molecule has 0 atom stereocenters. The van der Waals surface area contributed by atoms with Crippen molar-refractivity contribution in [2.75, 3.05) is 19.6 Å². The van der Waals surface area contributed by atoms with Crippen LogP contribution < -0.4 is 5.73 Å². The summed E-state index contributed by atoms with van der Waals surface area (Å²) in [4.78, 5) is 11.9. The smallest absolute Gasteiger partial charge is 0.407 e. The van der Waals surface area contributed by atoms with Crippen LogP contribution in [0.3, 0.4) is 0 Å². The van der Waals surface area contributed by atoms with Gasteiger partial charge in [0, 0.05) is 19.0 Å². The molecule has 1 aliphatic rings. The molecule has 2 rings (SSSR count). The molecule has 1 aliphatic heterocycles. The SMILES string of the molecule is NCCc1cccc(C(F)(F)C2CCN(C(=O)O)CC2)c1F. The van der Waals surface area contributed by atoms with E-state index in [0.717, 1.165) is 11.0 Å². The maximum atomic E-state index is 14.6. The van der Waals surface area contributed by atoms with Crippen LogP contribution >= 0.6 is 0 Å². The second kappa shape index (κ2) is 6.56. The number of carboxylic acid groups (broad SMARTS) is 1. The molecule has 0 radical (unpaired) electrons. The van der Waals surface area contributed by atoms with Crippen LogP contribution in [-0.4, -0.2) is 35.7 Å². The Morgan fingerprint density at radius 2 is 2.00 bits per heavy atom. The van der Waals surface area contributed by atoms with E-state index in [2.05, 4.69) is 0 Å². The Labute approximate surface area is 126 Å². The van der Waals surface area contributed by atoms with Gasteiger partial charge in [-0.15, -0.1) is 0 Å². The highest BCUT2D eigenvalue weighted by molar-refractivity contribution is 5.65. The van der Waals surface area contributed by atoms with E-state index in [9.17, 15) is 18.0 Å². The summed E-state index contributed by atoms with van der Waals surface area (Å²) in [6, 6.07) is 3.96. The van der Waals surface area contributed by atoms with Crippen molar-refractivity contribution in [2.24, 2.45) is 11.7 Å². The van der Waals surface area contributed by atoms with Crippen LogP contribution in [0.25, 0.3) is 0 Å². The number of hydrogen-bond donors (Lipinski definition) is 2. The Hall–Kier alpha value is -1.76. The first-order chi connectivity index (χ1) is 10.4. The highest BCUT2D eigenvalue weighted by atomic mass is 19.3. The van der Waals surface area contributed by atoms with E-state index >= 15 is 0 Å². The quantitative estimate of drug-likeness (QED) is 0.897. The summed E-state index contributed by atoms with van der Waals surface area (Å²) in [5, 5.41) is 8.85. The number of benzene rings is 1. The number of alkyl halides is 2. The Morgan fingerprint density at radius 1 is 1.36 bits per heavy atom. The third kappa shape index (κ3) is 3.19. The summed E-state index contributed by atoms with van der Waals surface area (Å²) in [6.45, 7) is 0.266. The fraction of sp³-hybridized carbons (Fsp3) is 0.533. The molecule has 0 aromatic heterocycles. The third-order valence-electron chi connectivity index (χ3n) is 4.13. The van der Waals surface area contributed by atoms with Crippen molar-refractivity contribution in [2.45, 2.75) is 25.2 Å². The monoisotopic (exact) mass is 316 g/mol. The lowest BCUT2D eigenvalue weighted by Crippen LogP contribution is -2.42. The van der Waals surface area contributed by atoms with Crippen molar-refractivity contribution in [1.29, 1.82) is 0 Å². The Bertz CT molecular complexity index is 544. The van der Waals surface area contributed by atoms with Gasteiger partial charge in [-0.25, -0.2) is 18.0 Å². The van der Waals surface area contributed by atoms with E-state index in [1.165, 1.54) is 12.1 Å². The standard InChI is InChI=1S/C15H19F3N2O2/c16-13-10(4-7-19)2-1-3-12(13)15(17,18)11-5-8-20(9-6-11)14(21)22/h1-3,11H,4-9,19H2,(H,21,22). The number of amides is 1. The number of likely N-dealkylation sites (tertiary alicyclic amines) is 1. The molecule has 0 spiro atoms. The first kappa shape index (κ1) is 16.6. The third-order valence-corrected chi connectivity index (χ3v) is 4.13. The number of halogens is 3. The Morgan fingerprint density at radius 3 is 2.55 bits per heavy atom. The molecule has 0 aliphatic carbocycles. The fourth-order valence-corrected chi connectivity index (χ4v) is 2.84. The first-order valence-electron chi connectivity index (χ1n) is 7.21. The van der Waals surface area contributed by atoms with Crippen LogP contribution in [0.4, 0.5) is 18.0 Å². The van der Waals surface area contributed by atoms with Gasteiger partial charge >= 0.3 is 6.09 Å². The van der Waals surface area contributed by atoms with Gasteiger partial charge in [-0.2, -0.15) is 0 Å². The summed E-state index contributed by atoms with van der Waals surface area (Å²) >= 11 is 0. The van der Waals surface area contributed by atoms with E-state index in [4.69, 9.17) is 10.8 Å². The summed E-state index contributed by atoms with van der Waals surface area (Å²) < 4.78 is 43.5. The van der Waals surface area contributed by atoms with Crippen LogP contribution in [0.15, 0.2) is 18.2 Å². The second-order valence-electron chi connectivity index (χ2n) is 5.48. The topological polar surface area (TPSA) is 66.6 Å². The summed E-state index contributed by atoms with van der Waals surface area (Å²) in [5.41, 5.74) is 4.92. The maximum Gasteiger partial charge on any atom is 0.407 e. The summed E-state index contributed by atoms with van der Waals surface area (Å²) in [6.07, 6.45) is -0.884. The van der Waals surface area contributed by atoms with E-state index < -0.39 is 29.3 Å². The number of carbonyl (C=O) groups is 1. The second-order valence-corrected chi connectivity index (χ2v) is 5.48. The maximum absolute atomic E-state index is 14.6. The van der Waals surface area contributed by atoms with Gasteiger partial charge in [0.05, 0.1) is 5.56 Å². The average Bonchev–Trinajstić information content (AvgIpc) is 2.49. The molecule has 0 bridgehead atoms. The lowest BCUT2D eigenvalue weighted by molar-refractivity contribution is -0.0861. The van der Waals surface area contributed by atoms with E-state index in [0.29, 0.717) is 0 Å². The molecular weight excluding hydrogens is 297 g/mol. The minimum absolute atomic E-state index is 0.0137. The van der Waals surface area contributed by atoms with Crippen molar-refractivity contribution >= 4 is 6.09 Å². The van der Waals surface area contributed by atoms with Crippen molar-refractivity contribution in [3.05, 3.63) is 35.1 Å². The van der Waals surface area contributed by atoms with E-state index in [-0.39, 0.29) is 44.5 Å². The van der Waals surface area contributed by atoms with Gasteiger partial charge in [-0.3, -0.25) is 0 Å². The van der Waals surface area contributed by atoms with Gasteiger partial charge < -0.3 is 15.7 Å². The Kier molecular flexibility index (Phi) is 4.95. The van der Waals surface area contributed by atoms with Crippen molar-refractivity contribution in [3.8, 4) is 0 Å². The molecule has 1 amide bonds. The number of nitrogens with two attached hydrogens (primary N) is 1. The predicted octanol–water partition coefficient (Wildman–Crippen LogP) is 2.81. The molecule has 4 nitrogen and oxygen atoms in total. The van der Waals surface area contributed by atoms with Crippen molar-refractivity contribution < 1.29 is 23.1 Å². The van der Waals surface area contributed by atoms with Gasteiger partial charge in [0.2, 0.25) is 0 Å². The molecule has 0 saturated carbocycles.